The van der Waals surface area contributed by atoms with E-state index >= 15 is 0 Å². The Balaban J connectivity index is 2.41. The Morgan fingerprint density at radius 3 is 2.88 bits per heavy atom. The molecule has 0 amide bonds. The molecule has 0 saturated carbocycles. The second-order valence-electron chi connectivity index (χ2n) is 3.30. The molecular weight excluding hydrogens is 242 g/mol. The van der Waals surface area contributed by atoms with Crippen molar-refractivity contribution in [2.24, 2.45) is 0 Å². The van der Waals surface area contributed by atoms with Crippen molar-refractivity contribution in [3.63, 3.8) is 0 Å². The number of halogens is 1. The van der Waals surface area contributed by atoms with E-state index in [0.29, 0.717) is 43.9 Å². The van der Waals surface area contributed by atoms with Gasteiger partial charge in [-0.25, -0.2) is 4.98 Å². The standard InChI is InChI=1S/C11H18ClN3O2/c1-3-17-11-8-10(14-9(2)15-11)13-5-7-16-6-4-12/h8H,3-7H2,1-2H3,(H,13,14,15). The first-order valence-corrected chi connectivity index (χ1v) is 6.15. The number of aryl methyl sites for hydroxylation is 1. The van der Waals surface area contributed by atoms with Crippen molar-refractivity contribution in [2.75, 3.05) is 37.6 Å². The van der Waals surface area contributed by atoms with E-state index in [2.05, 4.69) is 15.3 Å². The van der Waals surface area contributed by atoms with Gasteiger partial charge in [-0.05, 0) is 13.8 Å². The van der Waals surface area contributed by atoms with E-state index in [0.717, 1.165) is 5.82 Å². The molecule has 1 heterocycles. The largest absolute Gasteiger partial charge is 0.478 e. The summed E-state index contributed by atoms with van der Waals surface area (Å²) < 4.78 is 10.6. The number of hydrogen-bond donors (Lipinski definition) is 1. The van der Waals surface area contributed by atoms with Gasteiger partial charge in [-0.2, -0.15) is 4.98 Å². The minimum absolute atomic E-state index is 0.515. The van der Waals surface area contributed by atoms with Crippen molar-refractivity contribution in [1.82, 2.24) is 9.97 Å². The van der Waals surface area contributed by atoms with Crippen molar-refractivity contribution in [3.05, 3.63) is 11.9 Å². The quantitative estimate of drug-likeness (QED) is 0.570. The number of nitrogens with zero attached hydrogens (tertiary/aromatic N) is 2. The third-order valence-corrected chi connectivity index (χ3v) is 2.03. The van der Waals surface area contributed by atoms with E-state index in [4.69, 9.17) is 21.1 Å². The molecule has 6 heteroatoms. The molecule has 0 aliphatic heterocycles. The van der Waals surface area contributed by atoms with Crippen molar-refractivity contribution in [2.45, 2.75) is 13.8 Å². The van der Waals surface area contributed by atoms with Gasteiger partial charge in [0.1, 0.15) is 11.6 Å². The highest BCUT2D eigenvalue weighted by atomic mass is 35.5. The van der Waals surface area contributed by atoms with Gasteiger partial charge in [0.15, 0.2) is 0 Å². The summed E-state index contributed by atoms with van der Waals surface area (Å²) in [4.78, 5) is 8.41. The Labute approximate surface area is 107 Å². The van der Waals surface area contributed by atoms with Gasteiger partial charge in [-0.15, -0.1) is 11.6 Å². The summed E-state index contributed by atoms with van der Waals surface area (Å²) in [5.74, 6) is 2.53. The van der Waals surface area contributed by atoms with Crippen LogP contribution in [0, 0.1) is 6.92 Å². The Hall–Kier alpha value is -1.07. The lowest BCUT2D eigenvalue weighted by atomic mass is 10.5. The molecule has 1 rings (SSSR count). The van der Waals surface area contributed by atoms with Crippen molar-refractivity contribution < 1.29 is 9.47 Å². The van der Waals surface area contributed by atoms with Crippen LogP contribution >= 0.6 is 11.6 Å². The Morgan fingerprint density at radius 1 is 1.35 bits per heavy atom. The van der Waals surface area contributed by atoms with Crippen LogP contribution in [0.2, 0.25) is 0 Å². The van der Waals surface area contributed by atoms with E-state index in [1.165, 1.54) is 0 Å². The van der Waals surface area contributed by atoms with Gasteiger partial charge in [-0.3, -0.25) is 0 Å². The topological polar surface area (TPSA) is 56.3 Å². The van der Waals surface area contributed by atoms with Crippen LogP contribution in [0.4, 0.5) is 5.82 Å². The smallest absolute Gasteiger partial charge is 0.218 e. The van der Waals surface area contributed by atoms with Crippen LogP contribution in [0.15, 0.2) is 6.07 Å². The lowest BCUT2D eigenvalue weighted by molar-refractivity contribution is 0.160. The Kier molecular flexibility index (Phi) is 6.65. The monoisotopic (exact) mass is 259 g/mol. The zero-order valence-corrected chi connectivity index (χ0v) is 11.0. The highest BCUT2D eigenvalue weighted by Crippen LogP contribution is 2.12. The molecule has 0 radical (unpaired) electrons. The molecule has 5 nitrogen and oxygen atoms in total. The molecule has 0 aromatic carbocycles. The molecule has 0 saturated heterocycles. The number of anilines is 1. The molecule has 0 bridgehead atoms. The van der Waals surface area contributed by atoms with E-state index in [-0.39, 0.29) is 0 Å². The number of rotatable bonds is 8. The van der Waals surface area contributed by atoms with Crippen molar-refractivity contribution in [1.29, 1.82) is 0 Å². The van der Waals surface area contributed by atoms with E-state index in [9.17, 15) is 0 Å². The first-order valence-electron chi connectivity index (χ1n) is 5.62. The van der Waals surface area contributed by atoms with E-state index in [1.54, 1.807) is 6.07 Å². The summed E-state index contributed by atoms with van der Waals surface area (Å²) in [6.45, 7) is 6.19. The maximum absolute atomic E-state index is 5.49. The normalized spacial score (nSPS) is 10.3. The SMILES string of the molecule is CCOc1cc(NCCOCCCl)nc(C)n1. The molecule has 1 N–H and O–H groups in total. The van der Waals surface area contributed by atoms with Gasteiger partial charge in [0.2, 0.25) is 5.88 Å². The van der Waals surface area contributed by atoms with Gasteiger partial charge in [0.25, 0.3) is 0 Å². The van der Waals surface area contributed by atoms with Crippen molar-refractivity contribution in [3.8, 4) is 5.88 Å². The summed E-state index contributed by atoms with van der Waals surface area (Å²) in [5, 5.41) is 3.14. The predicted octanol–water partition coefficient (Wildman–Crippen LogP) is 1.85. The van der Waals surface area contributed by atoms with Gasteiger partial charge in [-0.1, -0.05) is 0 Å². The number of alkyl halides is 1. The van der Waals surface area contributed by atoms with Crippen LogP contribution in [-0.4, -0.2) is 42.2 Å². The fraction of sp³-hybridized carbons (Fsp3) is 0.636. The van der Waals surface area contributed by atoms with Crippen LogP contribution in [0.1, 0.15) is 12.7 Å². The van der Waals surface area contributed by atoms with E-state index < -0.39 is 0 Å². The van der Waals surface area contributed by atoms with Crippen LogP contribution in [0.5, 0.6) is 5.88 Å². The summed E-state index contributed by atoms with van der Waals surface area (Å²) >= 11 is 5.49. The molecule has 0 aliphatic rings. The van der Waals surface area contributed by atoms with Crippen LogP contribution in [0.3, 0.4) is 0 Å². The molecule has 1 aromatic rings. The van der Waals surface area contributed by atoms with Crippen LogP contribution < -0.4 is 10.1 Å². The maximum atomic E-state index is 5.49. The number of nitrogens with one attached hydrogen (secondary N) is 1. The predicted molar refractivity (Wildman–Crippen MR) is 68.0 cm³/mol. The van der Waals surface area contributed by atoms with Crippen LogP contribution in [-0.2, 0) is 4.74 Å². The third-order valence-electron chi connectivity index (χ3n) is 1.88. The average Bonchev–Trinajstić information content (AvgIpc) is 2.28. The first-order chi connectivity index (χ1) is 8.26. The lowest BCUT2D eigenvalue weighted by Gasteiger charge is -2.08. The minimum atomic E-state index is 0.515. The molecule has 0 atom stereocenters. The lowest BCUT2D eigenvalue weighted by Crippen LogP contribution is -2.12. The van der Waals surface area contributed by atoms with E-state index in [1.807, 2.05) is 13.8 Å². The second kappa shape index (κ2) is 8.08. The second-order valence-corrected chi connectivity index (χ2v) is 3.68. The average molecular weight is 260 g/mol. The highest BCUT2D eigenvalue weighted by molar-refractivity contribution is 6.17. The summed E-state index contributed by atoms with van der Waals surface area (Å²) in [6, 6.07) is 1.78. The Morgan fingerprint density at radius 2 is 2.18 bits per heavy atom. The number of ether oxygens (including phenoxy) is 2. The minimum Gasteiger partial charge on any atom is -0.478 e. The first kappa shape index (κ1) is 14.0. The van der Waals surface area contributed by atoms with Crippen molar-refractivity contribution >= 4 is 17.4 Å². The molecule has 0 unspecified atom stereocenters. The summed E-state index contributed by atoms with van der Waals surface area (Å²) in [5.41, 5.74) is 0. The van der Waals surface area contributed by atoms with Gasteiger partial charge in [0, 0.05) is 18.5 Å². The van der Waals surface area contributed by atoms with Gasteiger partial charge < -0.3 is 14.8 Å². The molecular formula is C11H18ClN3O2. The van der Waals surface area contributed by atoms with Gasteiger partial charge in [0.05, 0.1) is 19.8 Å². The number of aromatic nitrogens is 2. The molecule has 96 valence electrons. The zero-order chi connectivity index (χ0) is 12.5. The summed E-state index contributed by atoms with van der Waals surface area (Å²) in [7, 11) is 0. The molecule has 0 spiro atoms. The maximum Gasteiger partial charge on any atom is 0.218 e. The number of hydrogen-bond acceptors (Lipinski definition) is 5. The Bertz CT molecular complexity index is 336. The third kappa shape index (κ3) is 5.70. The molecule has 0 fully saturated rings. The highest BCUT2D eigenvalue weighted by Gasteiger charge is 2.01. The fourth-order valence-electron chi connectivity index (χ4n) is 1.26. The molecule has 1 aromatic heterocycles. The fourth-order valence-corrected chi connectivity index (χ4v) is 1.37. The zero-order valence-electron chi connectivity index (χ0n) is 10.2. The summed E-state index contributed by atoms with van der Waals surface area (Å²) in [6.07, 6.45) is 0. The van der Waals surface area contributed by atoms with Gasteiger partial charge >= 0.3 is 0 Å². The molecule has 17 heavy (non-hydrogen) atoms. The molecule has 0 aliphatic carbocycles. The van der Waals surface area contributed by atoms with Crippen LogP contribution in [0.25, 0.3) is 0 Å².